The van der Waals surface area contributed by atoms with Gasteiger partial charge in [0.15, 0.2) is 0 Å². The topological polar surface area (TPSA) is 66.9 Å². The van der Waals surface area contributed by atoms with Crippen LogP contribution in [0.4, 0.5) is 0 Å². The van der Waals surface area contributed by atoms with E-state index in [9.17, 15) is 9.59 Å². The third-order valence-corrected chi connectivity index (χ3v) is 5.50. The van der Waals surface area contributed by atoms with Crippen molar-refractivity contribution in [3.63, 3.8) is 0 Å². The Labute approximate surface area is 140 Å². The van der Waals surface area contributed by atoms with E-state index in [1.165, 1.54) is 4.88 Å². The lowest BCUT2D eigenvalue weighted by Gasteiger charge is -2.09. The van der Waals surface area contributed by atoms with Gasteiger partial charge < -0.3 is 4.98 Å². The first-order chi connectivity index (χ1) is 11.1. The molecule has 0 radical (unpaired) electrons. The third-order valence-electron chi connectivity index (χ3n) is 4.01. The molecule has 0 saturated heterocycles. The van der Waals surface area contributed by atoms with Crippen molar-refractivity contribution >= 4 is 39.7 Å². The summed E-state index contributed by atoms with van der Waals surface area (Å²) in [7, 11) is 0. The van der Waals surface area contributed by atoms with Crippen LogP contribution in [0, 0.1) is 4.77 Å². The highest BCUT2D eigenvalue weighted by Gasteiger charge is 2.22. The lowest BCUT2D eigenvalue weighted by molar-refractivity contribution is 0.101. The van der Waals surface area contributed by atoms with E-state index < -0.39 is 0 Å². The first kappa shape index (κ1) is 14.3. The Morgan fingerprint density at radius 2 is 2.04 bits per heavy atom. The van der Waals surface area contributed by atoms with Crippen LogP contribution >= 0.6 is 23.6 Å². The number of hydrogen-bond acceptors (Lipinski definition) is 4. The maximum Gasteiger partial charge on any atom is 0.282 e. The standard InChI is InChI=1S/C16H13N3O2S2/c20-13(9-5-2-1-3-6-9)18-19-15(21)12-10-7-4-8-11(10)23-14(12)17-16(19)22/h1-3,5-6H,4,7-8H2,(H,17,22)(H,18,20). The van der Waals surface area contributed by atoms with Crippen molar-refractivity contribution in [1.29, 1.82) is 0 Å². The molecule has 2 N–H and O–H groups in total. The van der Waals surface area contributed by atoms with E-state index in [1.807, 2.05) is 6.07 Å². The minimum atomic E-state index is -0.363. The largest absolute Gasteiger partial charge is 0.322 e. The zero-order chi connectivity index (χ0) is 16.0. The van der Waals surface area contributed by atoms with Gasteiger partial charge in [0, 0.05) is 10.4 Å². The van der Waals surface area contributed by atoms with Gasteiger partial charge in [0.25, 0.3) is 11.5 Å². The number of nitrogens with zero attached hydrogens (tertiary/aromatic N) is 1. The summed E-state index contributed by atoms with van der Waals surface area (Å²) in [4.78, 5) is 30.2. The molecule has 0 bridgehead atoms. The zero-order valence-corrected chi connectivity index (χ0v) is 13.7. The van der Waals surface area contributed by atoms with E-state index in [-0.39, 0.29) is 16.2 Å². The minimum Gasteiger partial charge on any atom is -0.322 e. The number of thiophene rings is 1. The number of carbonyl (C=O) groups excluding carboxylic acids is 1. The smallest absolute Gasteiger partial charge is 0.282 e. The Kier molecular flexibility index (Phi) is 3.39. The van der Waals surface area contributed by atoms with Gasteiger partial charge in [-0.3, -0.25) is 15.0 Å². The number of carbonyl (C=O) groups is 1. The maximum atomic E-state index is 12.8. The van der Waals surface area contributed by atoms with Gasteiger partial charge in [0.1, 0.15) is 4.83 Å². The van der Waals surface area contributed by atoms with Crippen molar-refractivity contribution in [1.82, 2.24) is 9.66 Å². The fourth-order valence-corrected chi connectivity index (χ4v) is 4.51. The average molecular weight is 343 g/mol. The monoisotopic (exact) mass is 343 g/mol. The summed E-state index contributed by atoms with van der Waals surface area (Å²) >= 11 is 6.83. The number of H-pyrrole nitrogens is 1. The summed E-state index contributed by atoms with van der Waals surface area (Å²) in [5.74, 6) is -0.363. The summed E-state index contributed by atoms with van der Waals surface area (Å²) in [5.41, 5.74) is 3.92. The highest BCUT2D eigenvalue weighted by Crippen LogP contribution is 2.34. The molecule has 3 aromatic rings. The van der Waals surface area contributed by atoms with Crippen LogP contribution in [0.25, 0.3) is 10.2 Å². The van der Waals surface area contributed by atoms with Crippen molar-refractivity contribution in [3.8, 4) is 0 Å². The molecule has 1 aromatic carbocycles. The van der Waals surface area contributed by atoms with E-state index >= 15 is 0 Å². The van der Waals surface area contributed by atoms with Crippen LogP contribution in [-0.2, 0) is 12.8 Å². The summed E-state index contributed by atoms with van der Waals surface area (Å²) in [6.07, 6.45) is 2.98. The summed E-state index contributed by atoms with van der Waals surface area (Å²) in [6, 6.07) is 8.75. The third kappa shape index (κ3) is 2.32. The molecule has 0 spiro atoms. The number of aromatic amines is 1. The van der Waals surface area contributed by atoms with Gasteiger partial charge in [0.2, 0.25) is 4.77 Å². The van der Waals surface area contributed by atoms with Gasteiger partial charge in [-0.25, -0.2) is 0 Å². The molecule has 1 amide bonds. The van der Waals surface area contributed by atoms with Crippen LogP contribution in [-0.4, -0.2) is 15.6 Å². The molecule has 7 heteroatoms. The number of aryl methyl sites for hydroxylation is 2. The Morgan fingerprint density at radius 1 is 1.26 bits per heavy atom. The van der Waals surface area contributed by atoms with Gasteiger partial charge in [-0.15, -0.1) is 11.3 Å². The van der Waals surface area contributed by atoms with Crippen LogP contribution in [0.15, 0.2) is 35.1 Å². The number of aromatic nitrogens is 2. The fourth-order valence-electron chi connectivity index (χ4n) is 2.93. The number of fused-ring (bicyclic) bond motifs is 3. The lowest BCUT2D eigenvalue weighted by atomic mass is 10.2. The highest BCUT2D eigenvalue weighted by molar-refractivity contribution is 7.71. The number of nitrogens with one attached hydrogen (secondary N) is 2. The molecule has 23 heavy (non-hydrogen) atoms. The van der Waals surface area contributed by atoms with E-state index in [1.54, 1.807) is 35.6 Å². The van der Waals surface area contributed by atoms with Gasteiger partial charge in [-0.1, -0.05) is 18.2 Å². The molecular formula is C16H13N3O2S2. The van der Waals surface area contributed by atoms with Crippen molar-refractivity contribution in [2.24, 2.45) is 0 Å². The molecular weight excluding hydrogens is 330 g/mol. The summed E-state index contributed by atoms with van der Waals surface area (Å²) < 4.78 is 1.34. The van der Waals surface area contributed by atoms with E-state index in [2.05, 4.69) is 10.4 Å². The Hall–Kier alpha value is -2.25. The van der Waals surface area contributed by atoms with Gasteiger partial charge in [-0.2, -0.15) is 4.68 Å². The number of benzene rings is 1. The van der Waals surface area contributed by atoms with Crippen molar-refractivity contribution in [2.75, 3.05) is 5.43 Å². The normalized spacial score (nSPS) is 13.2. The SMILES string of the molecule is O=C(Nn1c(=S)[nH]c2sc3c(c2c1=O)CCC3)c1ccccc1. The van der Waals surface area contributed by atoms with Crippen molar-refractivity contribution < 1.29 is 4.79 Å². The molecule has 2 aromatic heterocycles. The molecule has 0 fully saturated rings. The first-order valence-corrected chi connectivity index (χ1v) is 8.53. The van der Waals surface area contributed by atoms with Gasteiger partial charge >= 0.3 is 0 Å². The Morgan fingerprint density at radius 3 is 2.83 bits per heavy atom. The van der Waals surface area contributed by atoms with Crippen molar-refractivity contribution in [2.45, 2.75) is 19.3 Å². The van der Waals surface area contributed by atoms with E-state index in [4.69, 9.17) is 12.2 Å². The fraction of sp³-hybridized carbons (Fsp3) is 0.188. The van der Waals surface area contributed by atoms with Gasteiger partial charge in [-0.05, 0) is 49.2 Å². The Balaban J connectivity index is 1.83. The van der Waals surface area contributed by atoms with Gasteiger partial charge in [0.05, 0.1) is 5.39 Å². The van der Waals surface area contributed by atoms with Crippen molar-refractivity contribution in [3.05, 3.63) is 61.5 Å². The molecule has 0 atom stereocenters. The lowest BCUT2D eigenvalue weighted by Crippen LogP contribution is -2.34. The van der Waals surface area contributed by atoms with Crippen LogP contribution in [0.2, 0.25) is 0 Å². The number of rotatable bonds is 2. The van der Waals surface area contributed by atoms with E-state index in [0.717, 1.165) is 34.3 Å². The molecule has 0 unspecified atom stereocenters. The number of amides is 1. The quantitative estimate of drug-likeness (QED) is 0.703. The summed E-state index contributed by atoms with van der Waals surface area (Å²) in [6.45, 7) is 0. The first-order valence-electron chi connectivity index (χ1n) is 7.31. The van der Waals surface area contributed by atoms with Crippen LogP contribution in [0.1, 0.15) is 27.2 Å². The molecule has 0 aliphatic heterocycles. The van der Waals surface area contributed by atoms with E-state index in [0.29, 0.717) is 10.9 Å². The second kappa shape index (κ2) is 5.43. The maximum absolute atomic E-state index is 12.8. The number of hydrogen-bond donors (Lipinski definition) is 2. The Bertz CT molecular complexity index is 1030. The predicted octanol–water partition coefficient (Wildman–Crippen LogP) is 2.99. The van der Waals surface area contributed by atoms with Crippen LogP contribution in [0.3, 0.4) is 0 Å². The molecule has 5 nitrogen and oxygen atoms in total. The zero-order valence-electron chi connectivity index (χ0n) is 12.1. The summed E-state index contributed by atoms with van der Waals surface area (Å²) in [5, 5.41) is 0.657. The predicted molar refractivity (Wildman–Crippen MR) is 93.4 cm³/mol. The molecule has 4 rings (SSSR count). The second-order valence-corrected chi connectivity index (χ2v) is 6.93. The molecule has 2 heterocycles. The molecule has 0 saturated carbocycles. The average Bonchev–Trinajstić information content (AvgIpc) is 3.12. The van der Waals surface area contributed by atoms with Crippen LogP contribution < -0.4 is 11.0 Å². The molecule has 1 aliphatic carbocycles. The molecule has 116 valence electrons. The highest BCUT2D eigenvalue weighted by atomic mass is 32.1. The minimum absolute atomic E-state index is 0.201. The van der Waals surface area contributed by atoms with Crippen LogP contribution in [0.5, 0.6) is 0 Å². The second-order valence-electron chi connectivity index (χ2n) is 5.44. The molecule has 1 aliphatic rings.